The molecule has 98 valence electrons. The van der Waals surface area contributed by atoms with Gasteiger partial charge in [0, 0.05) is 11.1 Å². The predicted molar refractivity (Wildman–Crippen MR) is 79.1 cm³/mol. The number of hydrogen-bond donors (Lipinski definition) is 2. The average molecular weight is 254 g/mol. The minimum atomic E-state index is 0.256. The summed E-state index contributed by atoms with van der Waals surface area (Å²) >= 11 is 0. The van der Waals surface area contributed by atoms with Crippen molar-refractivity contribution in [2.75, 3.05) is 0 Å². The van der Waals surface area contributed by atoms with E-state index in [2.05, 4.69) is 0 Å². The van der Waals surface area contributed by atoms with Gasteiger partial charge in [0.2, 0.25) is 0 Å². The minimum Gasteiger partial charge on any atom is -0.507 e. The van der Waals surface area contributed by atoms with E-state index in [0.29, 0.717) is 0 Å². The van der Waals surface area contributed by atoms with Crippen LogP contribution in [-0.4, -0.2) is 10.2 Å². The van der Waals surface area contributed by atoms with Crippen molar-refractivity contribution in [2.45, 2.75) is 20.8 Å². The molecule has 0 saturated carbocycles. The summed E-state index contributed by atoms with van der Waals surface area (Å²) < 4.78 is 0. The van der Waals surface area contributed by atoms with E-state index in [0.717, 1.165) is 27.8 Å². The van der Waals surface area contributed by atoms with Crippen LogP contribution in [0.2, 0.25) is 0 Å². The van der Waals surface area contributed by atoms with Crippen molar-refractivity contribution >= 4 is 11.1 Å². The zero-order valence-electron chi connectivity index (χ0n) is 11.4. The second-order valence-electron chi connectivity index (χ2n) is 4.79. The second-order valence-corrected chi connectivity index (χ2v) is 4.79. The Bertz CT molecular complexity index is 639. The largest absolute Gasteiger partial charge is 0.507 e. The van der Waals surface area contributed by atoms with E-state index in [9.17, 15) is 10.2 Å². The van der Waals surface area contributed by atoms with Crippen molar-refractivity contribution in [1.29, 1.82) is 0 Å². The number of benzene rings is 2. The lowest BCUT2D eigenvalue weighted by molar-refractivity contribution is 0.472. The number of aryl methyl sites for hydroxylation is 1. The summed E-state index contributed by atoms with van der Waals surface area (Å²) in [5, 5.41) is 19.9. The molecule has 0 unspecified atom stereocenters. The number of allylic oxidation sites excluding steroid dienone is 2. The highest BCUT2D eigenvalue weighted by Gasteiger charge is 2.10. The van der Waals surface area contributed by atoms with Crippen LogP contribution in [0.25, 0.3) is 11.1 Å². The third kappa shape index (κ3) is 2.63. The molecule has 2 aromatic carbocycles. The maximum absolute atomic E-state index is 10.0. The Kier molecular flexibility index (Phi) is 3.61. The maximum atomic E-state index is 10.0. The number of phenolic OH excluding ortho intramolecular Hbond substituents is 2. The first kappa shape index (κ1) is 13.2. The normalized spacial score (nSPS) is 12.2. The van der Waals surface area contributed by atoms with E-state index in [1.807, 2.05) is 45.0 Å². The van der Waals surface area contributed by atoms with Gasteiger partial charge in [-0.3, -0.25) is 0 Å². The molecular weight excluding hydrogens is 236 g/mol. The van der Waals surface area contributed by atoms with Gasteiger partial charge in [-0.05, 0) is 49.6 Å². The SMILES string of the molecule is C/C(=C(\C)c1ccc(C)cc1O)c1ccccc1O. The number of aromatic hydroxyl groups is 2. The van der Waals surface area contributed by atoms with E-state index >= 15 is 0 Å². The van der Waals surface area contributed by atoms with E-state index in [4.69, 9.17) is 0 Å². The molecule has 2 rings (SSSR count). The van der Waals surface area contributed by atoms with Crippen LogP contribution in [0, 0.1) is 6.92 Å². The van der Waals surface area contributed by atoms with Gasteiger partial charge in [0.05, 0.1) is 0 Å². The molecule has 0 aliphatic heterocycles. The zero-order valence-corrected chi connectivity index (χ0v) is 11.4. The molecule has 0 atom stereocenters. The fraction of sp³-hybridized carbons (Fsp3) is 0.176. The molecule has 0 bridgehead atoms. The Balaban J connectivity index is 2.55. The first-order chi connectivity index (χ1) is 9.00. The first-order valence-electron chi connectivity index (χ1n) is 6.26. The van der Waals surface area contributed by atoms with E-state index in [-0.39, 0.29) is 11.5 Å². The van der Waals surface area contributed by atoms with E-state index < -0.39 is 0 Å². The molecule has 0 radical (unpaired) electrons. The van der Waals surface area contributed by atoms with E-state index in [1.54, 1.807) is 18.2 Å². The summed E-state index contributed by atoms with van der Waals surface area (Å²) in [5.41, 5.74) is 4.52. The van der Waals surface area contributed by atoms with Crippen LogP contribution < -0.4 is 0 Å². The fourth-order valence-corrected chi connectivity index (χ4v) is 2.15. The molecular formula is C17H18O2. The molecule has 0 spiro atoms. The summed E-state index contributed by atoms with van der Waals surface area (Å²) in [6.07, 6.45) is 0. The molecule has 2 aromatic rings. The van der Waals surface area contributed by atoms with Crippen LogP contribution in [0.15, 0.2) is 42.5 Å². The van der Waals surface area contributed by atoms with Gasteiger partial charge < -0.3 is 10.2 Å². The Morgan fingerprint density at radius 3 is 1.95 bits per heavy atom. The Hall–Kier alpha value is -2.22. The van der Waals surface area contributed by atoms with Crippen LogP contribution in [0.1, 0.15) is 30.5 Å². The molecule has 0 aliphatic rings. The highest BCUT2D eigenvalue weighted by molar-refractivity contribution is 5.91. The van der Waals surface area contributed by atoms with Crippen LogP contribution in [0.5, 0.6) is 11.5 Å². The third-order valence-corrected chi connectivity index (χ3v) is 3.43. The van der Waals surface area contributed by atoms with Crippen molar-refractivity contribution in [3.63, 3.8) is 0 Å². The maximum Gasteiger partial charge on any atom is 0.123 e. The smallest absolute Gasteiger partial charge is 0.123 e. The topological polar surface area (TPSA) is 40.5 Å². The van der Waals surface area contributed by atoms with Crippen molar-refractivity contribution in [3.8, 4) is 11.5 Å². The summed E-state index contributed by atoms with van der Waals surface area (Å²) in [4.78, 5) is 0. The van der Waals surface area contributed by atoms with Crippen molar-refractivity contribution in [2.24, 2.45) is 0 Å². The molecule has 2 heteroatoms. The molecule has 0 aromatic heterocycles. The van der Waals surface area contributed by atoms with Gasteiger partial charge in [0.1, 0.15) is 11.5 Å². The predicted octanol–water partition coefficient (Wildman–Crippen LogP) is 4.36. The van der Waals surface area contributed by atoms with Crippen LogP contribution in [-0.2, 0) is 0 Å². The summed E-state index contributed by atoms with van der Waals surface area (Å²) in [5.74, 6) is 0.526. The third-order valence-electron chi connectivity index (χ3n) is 3.43. The molecule has 0 saturated heterocycles. The molecule has 19 heavy (non-hydrogen) atoms. The van der Waals surface area contributed by atoms with Crippen molar-refractivity contribution < 1.29 is 10.2 Å². The molecule has 0 fully saturated rings. The standard InChI is InChI=1S/C17H18O2/c1-11-8-9-15(17(19)10-11)13(3)12(2)14-6-4-5-7-16(14)18/h4-10,18-19H,1-3H3/b13-12-. The van der Waals surface area contributed by atoms with Crippen LogP contribution >= 0.6 is 0 Å². The van der Waals surface area contributed by atoms with Crippen molar-refractivity contribution in [3.05, 3.63) is 59.2 Å². The molecule has 0 amide bonds. The summed E-state index contributed by atoms with van der Waals surface area (Å²) in [6.45, 7) is 5.84. The molecule has 2 N–H and O–H groups in total. The second kappa shape index (κ2) is 5.19. The highest BCUT2D eigenvalue weighted by atomic mass is 16.3. The van der Waals surface area contributed by atoms with Crippen LogP contribution in [0.3, 0.4) is 0 Å². The Morgan fingerprint density at radius 1 is 0.789 bits per heavy atom. The van der Waals surface area contributed by atoms with E-state index in [1.165, 1.54) is 0 Å². The molecule has 0 heterocycles. The van der Waals surface area contributed by atoms with Gasteiger partial charge in [-0.25, -0.2) is 0 Å². The lowest BCUT2D eigenvalue weighted by atomic mass is 9.95. The monoisotopic (exact) mass is 254 g/mol. The zero-order chi connectivity index (χ0) is 14.0. The van der Waals surface area contributed by atoms with Gasteiger partial charge in [-0.15, -0.1) is 0 Å². The minimum absolute atomic E-state index is 0.256. The van der Waals surface area contributed by atoms with Crippen molar-refractivity contribution in [1.82, 2.24) is 0 Å². The number of phenols is 2. The number of hydrogen-bond acceptors (Lipinski definition) is 2. The Labute approximate surface area is 113 Å². The fourth-order valence-electron chi connectivity index (χ4n) is 2.15. The summed E-state index contributed by atoms with van der Waals surface area (Å²) in [7, 11) is 0. The summed E-state index contributed by atoms with van der Waals surface area (Å²) in [6, 6.07) is 12.9. The van der Waals surface area contributed by atoms with Gasteiger partial charge in [-0.2, -0.15) is 0 Å². The quantitative estimate of drug-likeness (QED) is 0.782. The highest BCUT2D eigenvalue weighted by Crippen LogP contribution is 2.34. The first-order valence-corrected chi connectivity index (χ1v) is 6.26. The molecule has 2 nitrogen and oxygen atoms in total. The molecule has 0 aliphatic carbocycles. The lowest BCUT2D eigenvalue weighted by Gasteiger charge is -2.12. The van der Waals surface area contributed by atoms with Gasteiger partial charge in [-0.1, -0.05) is 30.3 Å². The van der Waals surface area contributed by atoms with Gasteiger partial charge in [0.25, 0.3) is 0 Å². The lowest BCUT2D eigenvalue weighted by Crippen LogP contribution is -1.88. The number of rotatable bonds is 2. The van der Waals surface area contributed by atoms with Crippen LogP contribution in [0.4, 0.5) is 0 Å². The Morgan fingerprint density at radius 2 is 1.37 bits per heavy atom. The van der Waals surface area contributed by atoms with Gasteiger partial charge >= 0.3 is 0 Å². The van der Waals surface area contributed by atoms with Gasteiger partial charge in [0.15, 0.2) is 0 Å². The number of para-hydroxylation sites is 1. The average Bonchev–Trinajstić information content (AvgIpc) is 2.38.